The number of aliphatic hydroxyl groups excluding tert-OH is 3. The maximum atomic E-state index is 10.5. The van der Waals surface area contributed by atoms with Crippen LogP contribution in [0.3, 0.4) is 0 Å². The van der Waals surface area contributed by atoms with Gasteiger partial charge in [0.1, 0.15) is 5.82 Å². The van der Waals surface area contributed by atoms with Crippen LogP contribution in [0.4, 0.5) is 0 Å². The fraction of sp³-hybridized carbons (Fsp3) is 0.762. The highest BCUT2D eigenvalue weighted by Gasteiger charge is 2.42. The first-order valence-electron chi connectivity index (χ1n) is 10.7. The normalized spacial score (nSPS) is 26.1. The van der Waals surface area contributed by atoms with Crippen molar-refractivity contribution in [2.45, 2.75) is 90.3 Å². The Morgan fingerprint density at radius 3 is 2.68 bits per heavy atom. The number of aromatic nitrogens is 4. The first-order valence-corrected chi connectivity index (χ1v) is 10.7. The number of allylic oxidation sites excluding steroid dienone is 3. The molecule has 1 fully saturated rings. The van der Waals surface area contributed by atoms with Crippen LogP contribution < -0.4 is 0 Å². The summed E-state index contributed by atoms with van der Waals surface area (Å²) < 4.78 is 0. The molecule has 0 unspecified atom stereocenters. The van der Waals surface area contributed by atoms with Gasteiger partial charge in [-0.25, -0.2) is 5.10 Å². The molecule has 1 aliphatic carbocycles. The molecular formula is C21H36N4O3. The summed E-state index contributed by atoms with van der Waals surface area (Å²) in [5.41, 5.74) is 0.844. The molecule has 4 atom stereocenters. The van der Waals surface area contributed by atoms with Gasteiger partial charge in [0.2, 0.25) is 0 Å². The third-order valence-electron chi connectivity index (χ3n) is 5.82. The molecule has 7 nitrogen and oxygen atoms in total. The van der Waals surface area contributed by atoms with E-state index in [0.29, 0.717) is 25.0 Å². The minimum atomic E-state index is -0.592. The van der Waals surface area contributed by atoms with Crippen molar-refractivity contribution in [1.82, 2.24) is 20.6 Å². The Labute approximate surface area is 168 Å². The van der Waals surface area contributed by atoms with Gasteiger partial charge in [-0.3, -0.25) is 0 Å². The molecule has 158 valence electrons. The predicted molar refractivity (Wildman–Crippen MR) is 109 cm³/mol. The van der Waals surface area contributed by atoms with Gasteiger partial charge in [-0.15, -0.1) is 5.10 Å². The molecule has 0 spiro atoms. The van der Waals surface area contributed by atoms with Crippen molar-refractivity contribution >= 4 is 0 Å². The van der Waals surface area contributed by atoms with Crippen molar-refractivity contribution in [2.24, 2.45) is 11.8 Å². The van der Waals surface area contributed by atoms with Crippen molar-refractivity contribution in [3.05, 3.63) is 29.3 Å². The molecule has 1 saturated carbocycles. The van der Waals surface area contributed by atoms with Crippen LogP contribution >= 0.6 is 0 Å². The molecule has 0 saturated heterocycles. The second kappa shape index (κ2) is 12.0. The Hall–Kier alpha value is -1.73. The highest BCUT2D eigenvalue weighted by atomic mass is 16.3. The maximum absolute atomic E-state index is 10.5. The van der Waals surface area contributed by atoms with Gasteiger partial charge in [0.15, 0.2) is 0 Å². The van der Waals surface area contributed by atoms with Gasteiger partial charge in [0.25, 0.3) is 0 Å². The van der Waals surface area contributed by atoms with E-state index in [9.17, 15) is 15.3 Å². The number of nitrogens with zero attached hydrogens (tertiary/aromatic N) is 3. The Balaban J connectivity index is 1.85. The van der Waals surface area contributed by atoms with E-state index in [2.05, 4.69) is 39.7 Å². The molecule has 0 amide bonds. The molecular weight excluding hydrogens is 356 g/mol. The summed E-state index contributed by atoms with van der Waals surface area (Å²) in [5, 5.41) is 45.1. The van der Waals surface area contributed by atoms with E-state index in [1.807, 2.05) is 6.92 Å². The fourth-order valence-corrected chi connectivity index (χ4v) is 4.16. The smallest absolute Gasteiger partial charge is 0.148 e. The molecule has 1 heterocycles. The SMILES string of the molecule is CCCCCCC(O)=C(C)[C@H]1[C@H](C/C=C\CCCc2nnn[nH]2)[C@H](O)C[C@@H]1O. The molecule has 0 bridgehead atoms. The summed E-state index contributed by atoms with van der Waals surface area (Å²) >= 11 is 0. The minimum Gasteiger partial charge on any atom is -0.512 e. The number of unbranched alkanes of at least 4 members (excludes halogenated alkanes) is 4. The van der Waals surface area contributed by atoms with Gasteiger partial charge in [-0.2, -0.15) is 0 Å². The Bertz CT molecular complexity index is 615. The van der Waals surface area contributed by atoms with Gasteiger partial charge in [0, 0.05) is 25.2 Å². The van der Waals surface area contributed by atoms with E-state index in [1.54, 1.807) is 0 Å². The average Bonchev–Trinajstić information content (AvgIpc) is 3.28. The van der Waals surface area contributed by atoms with Crippen molar-refractivity contribution in [3.8, 4) is 0 Å². The first kappa shape index (κ1) is 22.6. The van der Waals surface area contributed by atoms with Gasteiger partial charge < -0.3 is 15.3 Å². The number of hydrogen-bond acceptors (Lipinski definition) is 6. The summed E-state index contributed by atoms with van der Waals surface area (Å²) in [6.45, 7) is 4.07. The standard InChI is InChI=1S/C21H36N4O3/c1-3-4-5-9-12-17(26)15(2)21-16(18(27)14-19(21)28)11-8-6-7-10-13-20-22-24-25-23-20/h6,8,16,18-19,21,26-28H,3-5,7,9-14H2,1-2H3,(H,22,23,24,25)/b8-6-,17-15?/t16-,18-,19+,21+/m1/s1. The fourth-order valence-electron chi connectivity index (χ4n) is 4.16. The lowest BCUT2D eigenvalue weighted by Crippen LogP contribution is -2.24. The number of aromatic amines is 1. The molecule has 0 aromatic carbocycles. The molecule has 0 radical (unpaired) electrons. The van der Waals surface area contributed by atoms with E-state index < -0.39 is 12.2 Å². The van der Waals surface area contributed by atoms with Crippen LogP contribution in [0.1, 0.15) is 77.5 Å². The van der Waals surface area contributed by atoms with Crippen LogP contribution in [0, 0.1) is 11.8 Å². The number of tetrazole rings is 1. The quantitative estimate of drug-likeness (QED) is 0.245. The van der Waals surface area contributed by atoms with E-state index in [-0.39, 0.29) is 11.8 Å². The zero-order valence-electron chi connectivity index (χ0n) is 17.2. The number of rotatable bonds is 12. The van der Waals surface area contributed by atoms with Crippen molar-refractivity contribution in [2.75, 3.05) is 0 Å². The first-order chi connectivity index (χ1) is 13.5. The van der Waals surface area contributed by atoms with Gasteiger partial charge in [-0.1, -0.05) is 38.3 Å². The lowest BCUT2D eigenvalue weighted by atomic mass is 9.84. The van der Waals surface area contributed by atoms with Crippen LogP contribution in [-0.2, 0) is 6.42 Å². The van der Waals surface area contributed by atoms with Crippen LogP contribution in [0.15, 0.2) is 23.5 Å². The summed E-state index contributed by atoms with van der Waals surface area (Å²) in [5.74, 6) is 0.954. The largest absolute Gasteiger partial charge is 0.512 e. The molecule has 7 heteroatoms. The second-order valence-electron chi connectivity index (χ2n) is 7.95. The molecule has 2 rings (SSSR count). The minimum absolute atomic E-state index is 0.0532. The van der Waals surface area contributed by atoms with Gasteiger partial charge in [-0.05, 0) is 54.5 Å². The highest BCUT2D eigenvalue weighted by molar-refractivity contribution is 5.16. The molecule has 4 N–H and O–H groups in total. The van der Waals surface area contributed by atoms with Crippen LogP contribution in [0.2, 0.25) is 0 Å². The van der Waals surface area contributed by atoms with E-state index >= 15 is 0 Å². The molecule has 1 aromatic heterocycles. The number of nitrogens with one attached hydrogen (secondary N) is 1. The number of hydrogen-bond donors (Lipinski definition) is 4. The summed E-state index contributed by atoms with van der Waals surface area (Å²) in [6, 6.07) is 0. The lowest BCUT2D eigenvalue weighted by Gasteiger charge is -2.24. The highest BCUT2D eigenvalue weighted by Crippen LogP contribution is 2.40. The molecule has 28 heavy (non-hydrogen) atoms. The molecule has 1 aromatic rings. The zero-order chi connectivity index (χ0) is 20.4. The monoisotopic (exact) mass is 392 g/mol. The summed E-state index contributed by atoms with van der Waals surface area (Å²) in [4.78, 5) is 0. The topological polar surface area (TPSA) is 115 Å². The van der Waals surface area contributed by atoms with Crippen molar-refractivity contribution < 1.29 is 15.3 Å². The van der Waals surface area contributed by atoms with Gasteiger partial charge >= 0.3 is 0 Å². The zero-order valence-corrected chi connectivity index (χ0v) is 17.2. The average molecular weight is 393 g/mol. The van der Waals surface area contributed by atoms with Gasteiger partial charge in [0.05, 0.1) is 18.0 Å². The second-order valence-corrected chi connectivity index (χ2v) is 7.95. The van der Waals surface area contributed by atoms with E-state index in [4.69, 9.17) is 0 Å². The van der Waals surface area contributed by atoms with Crippen LogP contribution in [0.25, 0.3) is 0 Å². The van der Waals surface area contributed by atoms with Crippen LogP contribution in [-0.4, -0.2) is 48.2 Å². The van der Waals surface area contributed by atoms with E-state index in [1.165, 1.54) is 12.8 Å². The lowest BCUT2D eigenvalue weighted by molar-refractivity contribution is 0.120. The molecule has 1 aliphatic rings. The Kier molecular flexibility index (Phi) is 9.64. The third-order valence-corrected chi connectivity index (χ3v) is 5.82. The number of H-pyrrole nitrogens is 1. The number of aryl methyl sites for hydroxylation is 1. The third kappa shape index (κ3) is 6.71. The van der Waals surface area contributed by atoms with Crippen molar-refractivity contribution in [1.29, 1.82) is 0 Å². The molecule has 0 aliphatic heterocycles. The van der Waals surface area contributed by atoms with Crippen molar-refractivity contribution in [3.63, 3.8) is 0 Å². The van der Waals surface area contributed by atoms with Crippen LogP contribution in [0.5, 0.6) is 0 Å². The Morgan fingerprint density at radius 2 is 1.96 bits per heavy atom. The summed E-state index contributed by atoms with van der Waals surface area (Å²) in [6.07, 6.45) is 11.9. The predicted octanol–water partition coefficient (Wildman–Crippen LogP) is 3.63. The maximum Gasteiger partial charge on any atom is 0.148 e. The Morgan fingerprint density at radius 1 is 1.14 bits per heavy atom. The summed E-state index contributed by atoms with van der Waals surface area (Å²) in [7, 11) is 0. The number of aliphatic hydroxyl groups is 3. The van der Waals surface area contributed by atoms with E-state index in [0.717, 1.165) is 43.5 Å².